The van der Waals surface area contributed by atoms with Gasteiger partial charge in [0, 0.05) is 16.6 Å². The summed E-state index contributed by atoms with van der Waals surface area (Å²) in [5, 5.41) is 3.55. The van der Waals surface area contributed by atoms with Crippen molar-refractivity contribution in [2.75, 3.05) is 5.32 Å². The van der Waals surface area contributed by atoms with Crippen molar-refractivity contribution in [1.29, 1.82) is 0 Å². The van der Waals surface area contributed by atoms with Crippen LogP contribution in [0.4, 0.5) is 5.69 Å². The number of carbonyl (C=O) groups is 1. The average molecular weight is 274 g/mol. The van der Waals surface area contributed by atoms with Crippen LogP contribution in [0, 0.1) is 5.92 Å². The number of hydrogen-bond donors (Lipinski definition) is 1. The minimum absolute atomic E-state index is 0.0196. The summed E-state index contributed by atoms with van der Waals surface area (Å²) in [6.07, 6.45) is 0.736. The topological polar surface area (TPSA) is 29.1 Å². The Hall–Kier alpha value is -1.80. The Bertz CT molecular complexity index is 536. The van der Waals surface area contributed by atoms with Gasteiger partial charge in [0.25, 0.3) is 0 Å². The van der Waals surface area contributed by atoms with Gasteiger partial charge in [0.2, 0.25) is 5.91 Å². The van der Waals surface area contributed by atoms with Crippen LogP contribution in [0.25, 0.3) is 0 Å². The highest BCUT2D eigenvalue weighted by atomic mass is 35.5. The summed E-state index contributed by atoms with van der Waals surface area (Å²) in [6.45, 7) is 1.93. The summed E-state index contributed by atoms with van der Waals surface area (Å²) < 4.78 is 0. The fourth-order valence-electron chi connectivity index (χ4n) is 1.86. The number of hydrogen-bond acceptors (Lipinski definition) is 1. The number of anilines is 1. The fraction of sp³-hybridized carbons (Fsp3) is 0.188. The SMILES string of the molecule is C[C@H](Cc1ccccc1)C(=O)Nc1ccc(Cl)cc1. The van der Waals surface area contributed by atoms with Gasteiger partial charge in [0.05, 0.1) is 0 Å². The molecule has 0 radical (unpaired) electrons. The van der Waals surface area contributed by atoms with E-state index in [1.807, 2.05) is 37.3 Å². The monoisotopic (exact) mass is 273 g/mol. The highest BCUT2D eigenvalue weighted by Gasteiger charge is 2.13. The van der Waals surface area contributed by atoms with Gasteiger partial charge in [-0.25, -0.2) is 0 Å². The first-order chi connectivity index (χ1) is 9.15. The normalized spacial score (nSPS) is 11.9. The standard InChI is InChI=1S/C16H16ClNO/c1-12(11-13-5-3-2-4-6-13)16(19)18-15-9-7-14(17)8-10-15/h2-10,12H,11H2,1H3,(H,18,19)/t12-/m1/s1. The summed E-state index contributed by atoms with van der Waals surface area (Å²) >= 11 is 5.81. The molecule has 0 aliphatic carbocycles. The average Bonchev–Trinajstić information content (AvgIpc) is 2.42. The molecule has 0 fully saturated rings. The van der Waals surface area contributed by atoms with E-state index in [-0.39, 0.29) is 11.8 Å². The van der Waals surface area contributed by atoms with Crippen molar-refractivity contribution in [1.82, 2.24) is 0 Å². The zero-order valence-corrected chi connectivity index (χ0v) is 11.5. The third-order valence-electron chi connectivity index (χ3n) is 2.94. The lowest BCUT2D eigenvalue weighted by Crippen LogP contribution is -2.22. The molecule has 19 heavy (non-hydrogen) atoms. The van der Waals surface area contributed by atoms with Crippen LogP contribution in [0.15, 0.2) is 54.6 Å². The summed E-state index contributed by atoms with van der Waals surface area (Å²) in [4.78, 5) is 12.1. The summed E-state index contributed by atoms with van der Waals surface area (Å²) in [5.41, 5.74) is 1.94. The number of halogens is 1. The molecule has 1 N–H and O–H groups in total. The quantitative estimate of drug-likeness (QED) is 0.890. The lowest BCUT2D eigenvalue weighted by Gasteiger charge is -2.12. The molecule has 0 heterocycles. The maximum absolute atomic E-state index is 12.1. The highest BCUT2D eigenvalue weighted by Crippen LogP contribution is 2.15. The van der Waals surface area contributed by atoms with Crippen molar-refractivity contribution in [2.24, 2.45) is 5.92 Å². The molecule has 98 valence electrons. The van der Waals surface area contributed by atoms with Crippen molar-refractivity contribution in [3.05, 3.63) is 65.2 Å². The smallest absolute Gasteiger partial charge is 0.227 e. The second-order valence-electron chi connectivity index (χ2n) is 4.59. The number of rotatable bonds is 4. The third kappa shape index (κ3) is 4.11. The van der Waals surface area contributed by atoms with E-state index in [1.54, 1.807) is 24.3 Å². The van der Waals surface area contributed by atoms with Gasteiger partial charge in [0.15, 0.2) is 0 Å². The Kier molecular flexibility index (Phi) is 4.58. The molecule has 0 unspecified atom stereocenters. The molecular weight excluding hydrogens is 258 g/mol. The van der Waals surface area contributed by atoms with Gasteiger partial charge in [-0.1, -0.05) is 48.9 Å². The van der Waals surface area contributed by atoms with Gasteiger partial charge >= 0.3 is 0 Å². The minimum Gasteiger partial charge on any atom is -0.326 e. The molecule has 0 aliphatic rings. The van der Waals surface area contributed by atoms with Crippen molar-refractivity contribution >= 4 is 23.2 Å². The first-order valence-corrected chi connectivity index (χ1v) is 6.63. The second kappa shape index (κ2) is 6.39. The van der Waals surface area contributed by atoms with Gasteiger partial charge in [-0.15, -0.1) is 0 Å². The van der Waals surface area contributed by atoms with E-state index in [1.165, 1.54) is 5.56 Å². The molecule has 3 heteroatoms. The van der Waals surface area contributed by atoms with Gasteiger partial charge in [-0.2, -0.15) is 0 Å². The number of benzene rings is 2. The van der Waals surface area contributed by atoms with E-state index in [9.17, 15) is 4.79 Å². The molecule has 2 nitrogen and oxygen atoms in total. The second-order valence-corrected chi connectivity index (χ2v) is 5.02. The lowest BCUT2D eigenvalue weighted by molar-refractivity contribution is -0.119. The van der Waals surface area contributed by atoms with Crippen LogP contribution in [0.2, 0.25) is 5.02 Å². The van der Waals surface area contributed by atoms with Crippen LogP contribution in [0.3, 0.4) is 0 Å². The maximum Gasteiger partial charge on any atom is 0.227 e. The van der Waals surface area contributed by atoms with Crippen LogP contribution in [-0.2, 0) is 11.2 Å². The predicted molar refractivity (Wildman–Crippen MR) is 79.4 cm³/mol. The largest absolute Gasteiger partial charge is 0.326 e. The van der Waals surface area contributed by atoms with Crippen molar-refractivity contribution in [3.8, 4) is 0 Å². The summed E-state index contributed by atoms with van der Waals surface area (Å²) in [6, 6.07) is 17.1. The van der Waals surface area contributed by atoms with E-state index in [2.05, 4.69) is 5.32 Å². The lowest BCUT2D eigenvalue weighted by atomic mass is 10.0. The molecule has 0 saturated carbocycles. The molecule has 1 amide bonds. The van der Waals surface area contributed by atoms with Gasteiger partial charge in [-0.05, 0) is 36.2 Å². The van der Waals surface area contributed by atoms with Gasteiger partial charge in [0.1, 0.15) is 0 Å². The molecule has 0 aliphatic heterocycles. The van der Waals surface area contributed by atoms with E-state index < -0.39 is 0 Å². The van der Waals surface area contributed by atoms with Crippen molar-refractivity contribution < 1.29 is 4.79 Å². The molecule has 1 atom stereocenters. The fourth-order valence-corrected chi connectivity index (χ4v) is 1.99. The van der Waals surface area contributed by atoms with Crippen LogP contribution in [0.1, 0.15) is 12.5 Å². The third-order valence-corrected chi connectivity index (χ3v) is 3.20. The molecule has 2 aromatic rings. The molecule has 2 rings (SSSR count). The Morgan fingerprint density at radius 2 is 1.74 bits per heavy atom. The Morgan fingerprint density at radius 3 is 2.37 bits per heavy atom. The molecule has 0 spiro atoms. The van der Waals surface area contributed by atoms with Crippen LogP contribution < -0.4 is 5.32 Å². The minimum atomic E-state index is -0.0712. The van der Waals surface area contributed by atoms with E-state index in [0.717, 1.165) is 12.1 Å². The highest BCUT2D eigenvalue weighted by molar-refractivity contribution is 6.30. The molecular formula is C16H16ClNO. The number of amides is 1. The molecule has 0 aromatic heterocycles. The van der Waals surface area contributed by atoms with E-state index in [4.69, 9.17) is 11.6 Å². The summed E-state index contributed by atoms with van der Waals surface area (Å²) in [5.74, 6) is -0.0516. The zero-order chi connectivity index (χ0) is 13.7. The zero-order valence-electron chi connectivity index (χ0n) is 10.8. The Labute approximate surface area is 118 Å². The van der Waals surface area contributed by atoms with Gasteiger partial charge in [-0.3, -0.25) is 4.79 Å². The van der Waals surface area contributed by atoms with Crippen LogP contribution in [-0.4, -0.2) is 5.91 Å². The summed E-state index contributed by atoms with van der Waals surface area (Å²) in [7, 11) is 0. The molecule has 0 bridgehead atoms. The van der Waals surface area contributed by atoms with Crippen molar-refractivity contribution in [2.45, 2.75) is 13.3 Å². The Morgan fingerprint density at radius 1 is 1.11 bits per heavy atom. The van der Waals surface area contributed by atoms with Gasteiger partial charge < -0.3 is 5.32 Å². The first kappa shape index (κ1) is 13.6. The van der Waals surface area contributed by atoms with Crippen molar-refractivity contribution in [3.63, 3.8) is 0 Å². The number of nitrogens with one attached hydrogen (secondary N) is 1. The molecule has 2 aromatic carbocycles. The van der Waals surface area contributed by atoms with E-state index in [0.29, 0.717) is 5.02 Å². The van der Waals surface area contributed by atoms with E-state index >= 15 is 0 Å². The van der Waals surface area contributed by atoms with Crippen LogP contribution >= 0.6 is 11.6 Å². The number of carbonyl (C=O) groups excluding carboxylic acids is 1. The molecule has 0 saturated heterocycles. The maximum atomic E-state index is 12.1. The Balaban J connectivity index is 1.94. The first-order valence-electron chi connectivity index (χ1n) is 6.25. The predicted octanol–water partition coefficient (Wildman–Crippen LogP) is 4.16. The van der Waals surface area contributed by atoms with Crippen LogP contribution in [0.5, 0.6) is 0 Å².